The van der Waals surface area contributed by atoms with E-state index in [9.17, 15) is 9.59 Å². The van der Waals surface area contributed by atoms with Gasteiger partial charge in [-0.1, -0.05) is 43.7 Å². The number of rotatable bonds is 7. The Bertz CT molecular complexity index is 468. The molecule has 1 amide bonds. The van der Waals surface area contributed by atoms with Gasteiger partial charge in [-0.25, -0.2) is 0 Å². The van der Waals surface area contributed by atoms with Crippen molar-refractivity contribution in [3.63, 3.8) is 0 Å². The minimum Gasteiger partial charge on any atom is -0.463 e. The van der Waals surface area contributed by atoms with Gasteiger partial charge in [0.25, 0.3) is 0 Å². The highest BCUT2D eigenvalue weighted by Gasteiger charge is 2.20. The molecule has 0 radical (unpaired) electrons. The summed E-state index contributed by atoms with van der Waals surface area (Å²) in [7, 11) is 0. The van der Waals surface area contributed by atoms with Crippen LogP contribution in [0.1, 0.15) is 57.7 Å². The molecule has 0 spiro atoms. The zero-order valence-electron chi connectivity index (χ0n) is 14.2. The van der Waals surface area contributed by atoms with E-state index < -0.39 is 0 Å². The molecule has 1 unspecified atom stereocenters. The smallest absolute Gasteiger partial charge is 0.308 e. The Morgan fingerprint density at radius 2 is 1.64 bits per heavy atom. The molecule has 4 heteroatoms. The largest absolute Gasteiger partial charge is 0.463 e. The number of amides is 1. The number of hydrogen-bond acceptors (Lipinski definition) is 3. The van der Waals surface area contributed by atoms with E-state index in [4.69, 9.17) is 4.74 Å². The van der Waals surface area contributed by atoms with E-state index in [0.717, 1.165) is 11.1 Å². The van der Waals surface area contributed by atoms with Gasteiger partial charge in [0.15, 0.2) is 0 Å². The minimum atomic E-state index is -0.349. The average Bonchev–Trinajstić information content (AvgIpc) is 2.36. The highest BCUT2D eigenvalue weighted by atomic mass is 16.5. The second kappa shape index (κ2) is 8.57. The molecular formula is C18H27NO3. The van der Waals surface area contributed by atoms with Gasteiger partial charge in [0.05, 0.1) is 18.6 Å². The predicted octanol–water partition coefficient (Wildman–Crippen LogP) is 3.54. The first kappa shape index (κ1) is 18.2. The summed E-state index contributed by atoms with van der Waals surface area (Å²) < 4.78 is 5.20. The Labute approximate surface area is 133 Å². The molecule has 1 aromatic carbocycles. The van der Waals surface area contributed by atoms with Gasteiger partial charge in [0.1, 0.15) is 0 Å². The van der Waals surface area contributed by atoms with Crippen LogP contribution in [0.15, 0.2) is 24.3 Å². The highest BCUT2D eigenvalue weighted by molar-refractivity contribution is 5.78. The summed E-state index contributed by atoms with van der Waals surface area (Å²) in [6, 6.07) is 7.49. The zero-order chi connectivity index (χ0) is 16.7. The number of esters is 1. The lowest BCUT2D eigenvalue weighted by atomic mass is 10.0. The second-order valence-corrected chi connectivity index (χ2v) is 6.37. The fourth-order valence-electron chi connectivity index (χ4n) is 2.15. The van der Waals surface area contributed by atoms with Crippen molar-refractivity contribution in [2.24, 2.45) is 5.92 Å². The summed E-state index contributed by atoms with van der Waals surface area (Å²) in [5.74, 6) is -0.0652. The van der Waals surface area contributed by atoms with Gasteiger partial charge in [-0.15, -0.1) is 0 Å². The van der Waals surface area contributed by atoms with Crippen molar-refractivity contribution in [1.29, 1.82) is 0 Å². The number of aryl methyl sites for hydroxylation is 1. The topological polar surface area (TPSA) is 55.4 Å². The Kier molecular flexibility index (Phi) is 7.09. The van der Waals surface area contributed by atoms with Crippen LogP contribution in [0.3, 0.4) is 0 Å². The van der Waals surface area contributed by atoms with Crippen molar-refractivity contribution in [3.05, 3.63) is 35.4 Å². The van der Waals surface area contributed by atoms with Gasteiger partial charge in [0.2, 0.25) is 5.91 Å². The molecule has 1 N–H and O–H groups in total. The van der Waals surface area contributed by atoms with Crippen molar-refractivity contribution in [1.82, 2.24) is 5.32 Å². The van der Waals surface area contributed by atoms with Crippen LogP contribution in [0.4, 0.5) is 0 Å². The number of ether oxygens (including phenoxy) is 1. The SMILES string of the molecule is Cc1ccc(C(CC(=O)OC(C)C)NC(=O)CC(C)C)cc1. The minimum absolute atomic E-state index is 0.0436. The Balaban J connectivity index is 2.82. The summed E-state index contributed by atoms with van der Waals surface area (Å²) in [6.07, 6.45) is 0.435. The quantitative estimate of drug-likeness (QED) is 0.784. The van der Waals surface area contributed by atoms with Crippen molar-refractivity contribution in [3.8, 4) is 0 Å². The van der Waals surface area contributed by atoms with Gasteiger partial charge < -0.3 is 10.1 Å². The number of hydrogen-bond donors (Lipinski definition) is 1. The van der Waals surface area contributed by atoms with Crippen molar-refractivity contribution >= 4 is 11.9 Å². The van der Waals surface area contributed by atoms with Gasteiger partial charge in [-0.3, -0.25) is 9.59 Å². The van der Waals surface area contributed by atoms with Crippen molar-refractivity contribution in [2.75, 3.05) is 0 Å². The number of carbonyl (C=O) groups is 2. The molecule has 0 aliphatic rings. The van der Waals surface area contributed by atoms with Crippen LogP contribution >= 0.6 is 0 Å². The lowest BCUT2D eigenvalue weighted by Gasteiger charge is -2.20. The normalized spacial score (nSPS) is 12.3. The molecular weight excluding hydrogens is 278 g/mol. The van der Waals surface area contributed by atoms with Gasteiger partial charge in [0, 0.05) is 6.42 Å². The number of carbonyl (C=O) groups excluding carboxylic acids is 2. The molecule has 0 aliphatic heterocycles. The molecule has 0 bridgehead atoms. The lowest BCUT2D eigenvalue weighted by molar-refractivity contribution is -0.148. The fourth-order valence-corrected chi connectivity index (χ4v) is 2.15. The van der Waals surface area contributed by atoms with Gasteiger partial charge >= 0.3 is 5.97 Å². The van der Waals surface area contributed by atoms with E-state index in [1.807, 2.05) is 58.9 Å². The standard InChI is InChI=1S/C18H27NO3/c1-12(2)10-17(20)19-16(11-18(21)22-13(3)4)15-8-6-14(5)7-9-15/h6-9,12-13,16H,10-11H2,1-5H3,(H,19,20). The fraction of sp³-hybridized carbons (Fsp3) is 0.556. The van der Waals surface area contributed by atoms with Crippen LogP contribution in [0, 0.1) is 12.8 Å². The van der Waals surface area contributed by atoms with Crippen molar-refractivity contribution < 1.29 is 14.3 Å². The van der Waals surface area contributed by atoms with E-state index >= 15 is 0 Å². The van der Waals surface area contributed by atoms with Crippen LogP contribution in [0.5, 0.6) is 0 Å². The molecule has 22 heavy (non-hydrogen) atoms. The van der Waals surface area contributed by atoms with E-state index in [2.05, 4.69) is 5.32 Å². The van der Waals surface area contributed by atoms with E-state index in [-0.39, 0.29) is 36.4 Å². The Morgan fingerprint density at radius 1 is 1.05 bits per heavy atom. The number of nitrogens with one attached hydrogen (secondary N) is 1. The maximum Gasteiger partial charge on any atom is 0.308 e. The summed E-state index contributed by atoms with van der Waals surface area (Å²) in [5, 5.41) is 2.95. The summed E-state index contributed by atoms with van der Waals surface area (Å²) in [5.41, 5.74) is 2.06. The molecule has 0 aliphatic carbocycles. The molecule has 0 saturated heterocycles. The van der Waals surface area contributed by atoms with Crippen LogP contribution in [-0.4, -0.2) is 18.0 Å². The zero-order valence-corrected chi connectivity index (χ0v) is 14.2. The molecule has 0 saturated carbocycles. The Morgan fingerprint density at radius 3 is 2.14 bits per heavy atom. The van der Waals surface area contributed by atoms with E-state index in [1.165, 1.54) is 0 Å². The average molecular weight is 305 g/mol. The second-order valence-electron chi connectivity index (χ2n) is 6.37. The summed E-state index contributed by atoms with van der Waals surface area (Å²) >= 11 is 0. The lowest BCUT2D eigenvalue weighted by Crippen LogP contribution is -2.31. The molecule has 122 valence electrons. The first-order valence-corrected chi connectivity index (χ1v) is 7.83. The third kappa shape index (κ3) is 6.74. The third-order valence-electron chi connectivity index (χ3n) is 3.15. The van der Waals surface area contributed by atoms with Crippen LogP contribution < -0.4 is 5.32 Å². The maximum absolute atomic E-state index is 12.0. The first-order valence-electron chi connectivity index (χ1n) is 7.83. The molecule has 0 heterocycles. The first-order chi connectivity index (χ1) is 10.3. The van der Waals surface area contributed by atoms with Crippen LogP contribution in [0.2, 0.25) is 0 Å². The van der Waals surface area contributed by atoms with Gasteiger partial charge in [-0.2, -0.15) is 0 Å². The molecule has 1 aromatic rings. The predicted molar refractivity (Wildman–Crippen MR) is 87.4 cm³/mol. The highest BCUT2D eigenvalue weighted by Crippen LogP contribution is 2.19. The summed E-state index contributed by atoms with van der Waals surface area (Å²) in [6.45, 7) is 9.62. The van der Waals surface area contributed by atoms with E-state index in [1.54, 1.807) is 0 Å². The maximum atomic E-state index is 12.0. The molecule has 0 aromatic heterocycles. The third-order valence-corrected chi connectivity index (χ3v) is 3.15. The molecule has 0 fully saturated rings. The Hall–Kier alpha value is -1.84. The van der Waals surface area contributed by atoms with E-state index in [0.29, 0.717) is 6.42 Å². The molecule has 4 nitrogen and oxygen atoms in total. The van der Waals surface area contributed by atoms with Crippen molar-refractivity contribution in [2.45, 2.75) is 59.6 Å². The van der Waals surface area contributed by atoms with Crippen LogP contribution in [-0.2, 0) is 14.3 Å². The van der Waals surface area contributed by atoms with Gasteiger partial charge in [-0.05, 0) is 32.3 Å². The van der Waals surface area contributed by atoms with Crippen LogP contribution in [0.25, 0.3) is 0 Å². The summed E-state index contributed by atoms with van der Waals surface area (Å²) in [4.78, 5) is 24.0. The monoisotopic (exact) mass is 305 g/mol. The molecule has 1 atom stereocenters. The number of benzene rings is 1. The molecule has 1 rings (SSSR count).